The number of nitrogens with one attached hydrogen (secondary N) is 1. The number of hydrogen-bond donors (Lipinski definition) is 1. The van der Waals surface area contributed by atoms with Gasteiger partial charge in [0, 0.05) is 12.1 Å². The number of carbonyl (C=O) groups excluding carboxylic acids is 1. The van der Waals surface area contributed by atoms with Crippen molar-refractivity contribution in [1.29, 1.82) is 0 Å². The molecule has 1 aromatic carbocycles. The van der Waals surface area contributed by atoms with Crippen molar-refractivity contribution in [2.45, 2.75) is 31.7 Å². The van der Waals surface area contributed by atoms with E-state index < -0.39 is 17.6 Å². The zero-order chi connectivity index (χ0) is 11.7. The number of rotatable bonds is 3. The predicted molar refractivity (Wildman–Crippen MR) is 55.9 cm³/mol. The molecule has 0 bridgehead atoms. The van der Waals surface area contributed by atoms with E-state index in [1.165, 1.54) is 12.1 Å². The number of amides is 1. The molecule has 0 spiro atoms. The number of halogens is 2. The number of hydrogen-bond acceptors (Lipinski definition) is 1. The van der Waals surface area contributed by atoms with Crippen molar-refractivity contribution in [3.8, 4) is 0 Å². The van der Waals surface area contributed by atoms with E-state index in [1.807, 2.05) is 0 Å². The van der Waals surface area contributed by atoms with Crippen molar-refractivity contribution >= 4 is 5.91 Å². The quantitative estimate of drug-likeness (QED) is 0.840. The van der Waals surface area contributed by atoms with Gasteiger partial charge in [-0.05, 0) is 37.5 Å². The largest absolute Gasteiger partial charge is 0.353 e. The molecule has 0 heterocycles. The Morgan fingerprint density at radius 3 is 2.38 bits per heavy atom. The van der Waals surface area contributed by atoms with E-state index in [2.05, 4.69) is 5.32 Å². The molecule has 16 heavy (non-hydrogen) atoms. The minimum absolute atomic E-state index is 0.174. The highest BCUT2D eigenvalue weighted by Crippen LogP contribution is 2.22. The number of carbonyl (C=O) groups is 1. The van der Waals surface area contributed by atoms with Gasteiger partial charge in [0.15, 0.2) is 0 Å². The lowest BCUT2D eigenvalue weighted by molar-refractivity contribution is -0.122. The van der Waals surface area contributed by atoms with Gasteiger partial charge >= 0.3 is 0 Å². The second kappa shape index (κ2) is 4.20. The second-order valence-electron chi connectivity index (χ2n) is 4.21. The van der Waals surface area contributed by atoms with Gasteiger partial charge in [0.1, 0.15) is 11.6 Å². The summed E-state index contributed by atoms with van der Waals surface area (Å²) < 4.78 is 25.9. The fraction of sp³-hybridized carbons (Fsp3) is 0.417. The maximum absolute atomic E-state index is 13.0. The summed E-state index contributed by atoms with van der Waals surface area (Å²) in [6.07, 6.45) is 1.99. The molecule has 1 aliphatic carbocycles. The molecular weight excluding hydrogens is 212 g/mol. The van der Waals surface area contributed by atoms with Gasteiger partial charge in [0.2, 0.25) is 5.91 Å². The van der Waals surface area contributed by atoms with Crippen LogP contribution in [0.3, 0.4) is 0 Å². The van der Waals surface area contributed by atoms with Crippen LogP contribution in [0.4, 0.5) is 8.78 Å². The second-order valence-corrected chi connectivity index (χ2v) is 4.21. The molecule has 1 unspecified atom stereocenters. The van der Waals surface area contributed by atoms with Crippen LogP contribution in [0.5, 0.6) is 0 Å². The van der Waals surface area contributed by atoms with Crippen molar-refractivity contribution in [2.24, 2.45) is 0 Å². The molecule has 1 atom stereocenters. The van der Waals surface area contributed by atoms with Gasteiger partial charge in [-0.3, -0.25) is 4.79 Å². The fourth-order valence-corrected chi connectivity index (χ4v) is 1.53. The van der Waals surface area contributed by atoms with E-state index in [0.29, 0.717) is 5.56 Å². The van der Waals surface area contributed by atoms with Crippen LogP contribution in [0, 0.1) is 11.6 Å². The summed E-state index contributed by atoms with van der Waals surface area (Å²) in [7, 11) is 0. The van der Waals surface area contributed by atoms with Crippen molar-refractivity contribution in [1.82, 2.24) is 5.32 Å². The van der Waals surface area contributed by atoms with Crippen LogP contribution in [0.25, 0.3) is 0 Å². The molecule has 0 saturated heterocycles. The van der Waals surface area contributed by atoms with Crippen LogP contribution in [0.15, 0.2) is 18.2 Å². The maximum atomic E-state index is 13.0. The highest BCUT2D eigenvalue weighted by Gasteiger charge is 2.26. The number of benzene rings is 1. The first kappa shape index (κ1) is 11.0. The van der Waals surface area contributed by atoms with Crippen molar-refractivity contribution in [3.05, 3.63) is 35.4 Å². The monoisotopic (exact) mass is 225 g/mol. The van der Waals surface area contributed by atoms with Gasteiger partial charge in [0.05, 0.1) is 5.92 Å². The van der Waals surface area contributed by atoms with E-state index in [-0.39, 0.29) is 11.9 Å². The molecule has 86 valence electrons. The van der Waals surface area contributed by atoms with E-state index in [4.69, 9.17) is 0 Å². The van der Waals surface area contributed by atoms with Crippen molar-refractivity contribution in [3.63, 3.8) is 0 Å². The van der Waals surface area contributed by atoms with E-state index in [0.717, 1.165) is 18.9 Å². The summed E-state index contributed by atoms with van der Waals surface area (Å²) in [5.74, 6) is -2.00. The first-order valence-electron chi connectivity index (χ1n) is 5.32. The molecule has 1 aromatic rings. The van der Waals surface area contributed by atoms with Crippen LogP contribution in [-0.2, 0) is 4.79 Å². The van der Waals surface area contributed by atoms with Gasteiger partial charge in [-0.2, -0.15) is 0 Å². The van der Waals surface area contributed by atoms with Gasteiger partial charge < -0.3 is 5.32 Å². The Bertz CT molecular complexity index is 395. The predicted octanol–water partition coefficient (Wildman–Crippen LogP) is 2.35. The van der Waals surface area contributed by atoms with Crippen molar-refractivity contribution < 1.29 is 13.6 Å². The molecule has 1 fully saturated rings. The normalized spacial score (nSPS) is 16.9. The van der Waals surface area contributed by atoms with E-state index in [9.17, 15) is 13.6 Å². The van der Waals surface area contributed by atoms with Crippen LogP contribution >= 0.6 is 0 Å². The highest BCUT2D eigenvalue weighted by molar-refractivity contribution is 5.83. The van der Waals surface area contributed by atoms with Gasteiger partial charge in [-0.15, -0.1) is 0 Å². The zero-order valence-corrected chi connectivity index (χ0v) is 8.97. The third kappa shape index (κ3) is 2.56. The molecule has 2 nitrogen and oxygen atoms in total. The summed E-state index contributed by atoms with van der Waals surface area (Å²) in [4.78, 5) is 11.7. The smallest absolute Gasteiger partial charge is 0.227 e. The standard InChI is InChI=1S/C12H13F2NO/c1-7(12(16)15-11-2-3-11)8-4-9(13)6-10(14)5-8/h4-7,11H,2-3H2,1H3,(H,15,16). The minimum atomic E-state index is -0.652. The minimum Gasteiger partial charge on any atom is -0.353 e. The Morgan fingerprint density at radius 1 is 1.31 bits per heavy atom. The Hall–Kier alpha value is -1.45. The molecule has 1 aliphatic rings. The highest BCUT2D eigenvalue weighted by atomic mass is 19.1. The Morgan fingerprint density at radius 2 is 1.88 bits per heavy atom. The molecule has 1 N–H and O–H groups in total. The van der Waals surface area contributed by atoms with Gasteiger partial charge in [-0.25, -0.2) is 8.78 Å². The lowest BCUT2D eigenvalue weighted by Crippen LogP contribution is -2.29. The average molecular weight is 225 g/mol. The van der Waals surface area contributed by atoms with Crippen LogP contribution in [0.2, 0.25) is 0 Å². The third-order valence-corrected chi connectivity index (χ3v) is 2.70. The summed E-state index contributed by atoms with van der Waals surface area (Å²) in [5, 5.41) is 2.81. The topological polar surface area (TPSA) is 29.1 Å². The Balaban J connectivity index is 2.11. The molecule has 2 rings (SSSR count). The van der Waals surface area contributed by atoms with Crippen LogP contribution < -0.4 is 5.32 Å². The fourth-order valence-electron chi connectivity index (χ4n) is 1.53. The first-order chi connectivity index (χ1) is 7.56. The summed E-state index contributed by atoms with van der Waals surface area (Å²) >= 11 is 0. The van der Waals surface area contributed by atoms with Crippen LogP contribution in [0.1, 0.15) is 31.2 Å². The molecule has 0 aliphatic heterocycles. The van der Waals surface area contributed by atoms with Gasteiger partial charge in [0.25, 0.3) is 0 Å². The van der Waals surface area contributed by atoms with Crippen molar-refractivity contribution in [2.75, 3.05) is 0 Å². The summed E-state index contributed by atoms with van der Waals surface area (Å²) in [6, 6.07) is 3.45. The SMILES string of the molecule is CC(C(=O)NC1CC1)c1cc(F)cc(F)c1. The Labute approximate surface area is 92.7 Å². The first-order valence-corrected chi connectivity index (χ1v) is 5.32. The zero-order valence-electron chi connectivity index (χ0n) is 8.97. The lowest BCUT2D eigenvalue weighted by atomic mass is 10.00. The molecule has 0 aromatic heterocycles. The van der Waals surface area contributed by atoms with E-state index >= 15 is 0 Å². The molecule has 0 radical (unpaired) electrons. The summed E-state index contributed by atoms with van der Waals surface area (Å²) in [5.41, 5.74) is 0.371. The van der Waals surface area contributed by atoms with E-state index in [1.54, 1.807) is 6.92 Å². The molecular formula is C12H13F2NO. The average Bonchev–Trinajstić information content (AvgIpc) is 2.99. The molecule has 4 heteroatoms. The van der Waals surface area contributed by atoms with Crippen LogP contribution in [-0.4, -0.2) is 11.9 Å². The van der Waals surface area contributed by atoms with Gasteiger partial charge in [-0.1, -0.05) is 0 Å². The Kier molecular flexibility index (Phi) is 2.90. The molecule has 1 saturated carbocycles. The third-order valence-electron chi connectivity index (χ3n) is 2.70. The lowest BCUT2D eigenvalue weighted by Gasteiger charge is -2.12. The summed E-state index contributed by atoms with van der Waals surface area (Å²) in [6.45, 7) is 1.64. The maximum Gasteiger partial charge on any atom is 0.227 e. The molecule has 1 amide bonds.